The van der Waals surface area contributed by atoms with Crippen molar-refractivity contribution < 1.29 is 9.53 Å². The second kappa shape index (κ2) is 7.88. The fraction of sp³-hybridized carbons (Fsp3) is 0.176. The number of amides is 1. The molecule has 1 amide bonds. The van der Waals surface area contributed by atoms with Gasteiger partial charge in [-0.25, -0.2) is 0 Å². The Labute approximate surface area is 155 Å². The average molecular weight is 386 g/mol. The summed E-state index contributed by atoms with van der Waals surface area (Å²) in [4.78, 5) is 11.6. The minimum absolute atomic E-state index is 0.500. The van der Waals surface area contributed by atoms with Crippen molar-refractivity contribution in [3.05, 3.63) is 71.8 Å². The van der Waals surface area contributed by atoms with E-state index in [9.17, 15) is 4.79 Å². The lowest BCUT2D eigenvalue weighted by Gasteiger charge is -2.26. The molecule has 1 unspecified atom stereocenters. The standard InChI is InChI=1S/C17H15Cl3N2O2/c18-17(19,20)13(15(21)23)16(22)24-14(11-7-3-1-4-8-11)12-9-5-2-6-10-12/h1-10,13-14,22H,(H2,21,23). The third-order valence-corrected chi connectivity index (χ3v) is 3.98. The molecule has 126 valence electrons. The quantitative estimate of drug-likeness (QED) is 0.459. The molecule has 0 aromatic heterocycles. The topological polar surface area (TPSA) is 76.2 Å². The summed E-state index contributed by atoms with van der Waals surface area (Å²) in [6, 6.07) is 18.5. The van der Waals surface area contributed by atoms with Crippen molar-refractivity contribution in [1.82, 2.24) is 0 Å². The van der Waals surface area contributed by atoms with Gasteiger partial charge in [0, 0.05) is 0 Å². The molecule has 0 bridgehead atoms. The van der Waals surface area contributed by atoms with Crippen LogP contribution in [0.2, 0.25) is 0 Å². The molecule has 0 radical (unpaired) electrons. The number of alkyl halides is 3. The van der Waals surface area contributed by atoms with Gasteiger partial charge in [0.15, 0.2) is 17.9 Å². The van der Waals surface area contributed by atoms with E-state index in [-0.39, 0.29) is 0 Å². The highest BCUT2D eigenvalue weighted by atomic mass is 35.6. The first-order valence-corrected chi connectivity index (χ1v) is 8.15. The molecule has 2 aromatic rings. The van der Waals surface area contributed by atoms with Crippen LogP contribution in [0, 0.1) is 11.3 Å². The summed E-state index contributed by atoms with van der Waals surface area (Å²) in [5.41, 5.74) is 6.85. The van der Waals surface area contributed by atoms with Crippen molar-refractivity contribution in [1.29, 1.82) is 5.41 Å². The summed E-state index contributed by atoms with van der Waals surface area (Å²) < 4.78 is 3.63. The second-order valence-electron chi connectivity index (χ2n) is 5.06. The van der Waals surface area contributed by atoms with Crippen LogP contribution in [0.25, 0.3) is 0 Å². The number of carbonyl (C=O) groups is 1. The molecule has 4 nitrogen and oxygen atoms in total. The van der Waals surface area contributed by atoms with Gasteiger partial charge < -0.3 is 10.5 Å². The van der Waals surface area contributed by atoms with Gasteiger partial charge in [0.2, 0.25) is 9.70 Å². The molecule has 0 aliphatic heterocycles. The van der Waals surface area contributed by atoms with Crippen molar-refractivity contribution in [2.45, 2.75) is 9.90 Å². The Morgan fingerprint density at radius 3 is 1.71 bits per heavy atom. The van der Waals surface area contributed by atoms with E-state index >= 15 is 0 Å². The highest BCUT2D eigenvalue weighted by Crippen LogP contribution is 2.37. The fourth-order valence-electron chi connectivity index (χ4n) is 2.22. The Morgan fingerprint density at radius 1 is 0.958 bits per heavy atom. The summed E-state index contributed by atoms with van der Waals surface area (Å²) in [7, 11) is 0. The van der Waals surface area contributed by atoms with Crippen molar-refractivity contribution in [3.63, 3.8) is 0 Å². The Kier molecular flexibility index (Phi) is 6.10. The Morgan fingerprint density at radius 2 is 1.38 bits per heavy atom. The minimum atomic E-state index is -2.07. The molecule has 2 rings (SSSR count). The number of primary amides is 1. The summed E-state index contributed by atoms with van der Waals surface area (Å²) >= 11 is 17.3. The van der Waals surface area contributed by atoms with E-state index in [2.05, 4.69) is 0 Å². The molecule has 0 saturated carbocycles. The van der Waals surface area contributed by atoms with Gasteiger partial charge in [-0.05, 0) is 11.1 Å². The first kappa shape index (κ1) is 18.6. The summed E-state index contributed by atoms with van der Waals surface area (Å²) in [6.07, 6.45) is -0.630. The van der Waals surface area contributed by atoms with Crippen LogP contribution in [0.1, 0.15) is 17.2 Å². The third-order valence-electron chi connectivity index (χ3n) is 3.32. The van der Waals surface area contributed by atoms with Gasteiger partial charge in [0.1, 0.15) is 0 Å². The zero-order chi connectivity index (χ0) is 17.7. The number of nitrogens with two attached hydrogens (primary N) is 1. The Bertz CT molecular complexity index is 663. The van der Waals surface area contributed by atoms with Crippen molar-refractivity contribution in [2.24, 2.45) is 11.7 Å². The van der Waals surface area contributed by atoms with Crippen LogP contribution in [0.4, 0.5) is 0 Å². The van der Waals surface area contributed by atoms with E-state index in [0.29, 0.717) is 0 Å². The molecule has 0 aliphatic carbocycles. The van der Waals surface area contributed by atoms with Crippen LogP contribution >= 0.6 is 34.8 Å². The van der Waals surface area contributed by atoms with Crippen molar-refractivity contribution in [3.8, 4) is 0 Å². The van der Waals surface area contributed by atoms with Gasteiger partial charge in [-0.15, -0.1) is 0 Å². The van der Waals surface area contributed by atoms with E-state index in [1.54, 1.807) is 0 Å². The first-order valence-electron chi connectivity index (χ1n) is 7.01. The van der Waals surface area contributed by atoms with E-state index in [1.807, 2.05) is 60.7 Å². The highest BCUT2D eigenvalue weighted by Gasteiger charge is 2.42. The molecule has 0 saturated heterocycles. The molecule has 1 atom stereocenters. The number of carbonyl (C=O) groups excluding carboxylic acids is 1. The summed E-state index contributed by atoms with van der Waals surface area (Å²) in [5.74, 6) is -2.93. The van der Waals surface area contributed by atoms with Crippen molar-refractivity contribution in [2.75, 3.05) is 0 Å². The lowest BCUT2D eigenvalue weighted by molar-refractivity contribution is -0.120. The number of rotatable bonds is 5. The number of nitrogens with one attached hydrogen (secondary N) is 1. The van der Waals surface area contributed by atoms with Gasteiger partial charge in [-0.2, -0.15) is 0 Å². The smallest absolute Gasteiger partial charge is 0.234 e. The predicted molar refractivity (Wildman–Crippen MR) is 96.5 cm³/mol. The van der Waals surface area contributed by atoms with Crippen LogP contribution in [-0.4, -0.2) is 15.6 Å². The molecule has 3 N–H and O–H groups in total. The summed E-state index contributed by atoms with van der Waals surface area (Å²) in [5, 5.41) is 8.08. The van der Waals surface area contributed by atoms with Gasteiger partial charge in [0.25, 0.3) is 0 Å². The van der Waals surface area contributed by atoms with Crippen molar-refractivity contribution >= 4 is 46.6 Å². The van der Waals surface area contributed by atoms with E-state index in [0.717, 1.165) is 11.1 Å². The maximum atomic E-state index is 11.6. The lowest BCUT2D eigenvalue weighted by atomic mass is 10.0. The maximum Gasteiger partial charge on any atom is 0.234 e. The largest absolute Gasteiger partial charge is 0.467 e. The summed E-state index contributed by atoms with van der Waals surface area (Å²) in [6.45, 7) is 0. The van der Waals surface area contributed by atoms with Crippen LogP contribution in [0.5, 0.6) is 0 Å². The zero-order valence-electron chi connectivity index (χ0n) is 12.5. The number of hydrogen-bond acceptors (Lipinski definition) is 3. The van der Waals surface area contributed by atoms with Gasteiger partial charge in [0.05, 0.1) is 0 Å². The van der Waals surface area contributed by atoms with Gasteiger partial charge in [-0.1, -0.05) is 95.5 Å². The van der Waals surface area contributed by atoms with Gasteiger partial charge in [-0.3, -0.25) is 10.2 Å². The molecular weight excluding hydrogens is 371 g/mol. The Hall–Kier alpha value is -1.75. The number of halogens is 3. The molecule has 2 aromatic carbocycles. The van der Waals surface area contributed by atoms with Crippen LogP contribution in [-0.2, 0) is 9.53 Å². The predicted octanol–water partition coefficient (Wildman–Crippen LogP) is 4.24. The fourth-order valence-corrected chi connectivity index (χ4v) is 2.84. The number of benzene rings is 2. The zero-order valence-corrected chi connectivity index (χ0v) is 14.7. The molecule has 24 heavy (non-hydrogen) atoms. The second-order valence-corrected chi connectivity index (χ2v) is 7.43. The number of hydrogen-bond donors (Lipinski definition) is 2. The molecule has 0 spiro atoms. The monoisotopic (exact) mass is 384 g/mol. The van der Waals surface area contributed by atoms with Crippen LogP contribution < -0.4 is 5.73 Å². The van der Waals surface area contributed by atoms with E-state index in [4.69, 9.17) is 50.7 Å². The normalized spacial score (nSPS) is 12.7. The third kappa shape index (κ3) is 4.63. The maximum absolute atomic E-state index is 11.6. The minimum Gasteiger partial charge on any atom is -0.467 e. The average Bonchev–Trinajstić information content (AvgIpc) is 2.52. The molecular formula is C17H15Cl3N2O2. The molecule has 0 aliphatic rings. The Balaban J connectivity index is 2.36. The number of ether oxygens (including phenoxy) is 1. The molecule has 7 heteroatoms. The van der Waals surface area contributed by atoms with E-state index < -0.39 is 27.6 Å². The molecule has 0 heterocycles. The van der Waals surface area contributed by atoms with E-state index in [1.165, 1.54) is 0 Å². The lowest BCUT2D eigenvalue weighted by Crippen LogP contribution is -2.41. The van der Waals surface area contributed by atoms with Gasteiger partial charge >= 0.3 is 0 Å². The van der Waals surface area contributed by atoms with Crippen LogP contribution in [0.15, 0.2) is 60.7 Å². The molecule has 0 fully saturated rings. The SMILES string of the molecule is N=C(OC(c1ccccc1)c1ccccc1)C(C(N)=O)C(Cl)(Cl)Cl. The van der Waals surface area contributed by atoms with Crippen LogP contribution in [0.3, 0.4) is 0 Å². The first-order chi connectivity index (χ1) is 11.3. The highest BCUT2D eigenvalue weighted by molar-refractivity contribution is 6.69.